The van der Waals surface area contributed by atoms with Crippen molar-refractivity contribution in [1.29, 1.82) is 0 Å². The fourth-order valence-corrected chi connectivity index (χ4v) is 4.79. The fourth-order valence-electron chi connectivity index (χ4n) is 4.79. The van der Waals surface area contributed by atoms with E-state index in [0.29, 0.717) is 43.9 Å². The van der Waals surface area contributed by atoms with Crippen molar-refractivity contribution in [1.82, 2.24) is 35.8 Å². The van der Waals surface area contributed by atoms with Gasteiger partial charge in [0.2, 0.25) is 11.8 Å². The van der Waals surface area contributed by atoms with Crippen LogP contribution in [-0.2, 0) is 22.6 Å². The third kappa shape index (κ3) is 7.76. The van der Waals surface area contributed by atoms with Gasteiger partial charge < -0.3 is 30.7 Å². The molecule has 4 N–H and O–H groups in total. The van der Waals surface area contributed by atoms with Gasteiger partial charge in [0.15, 0.2) is 0 Å². The van der Waals surface area contributed by atoms with Crippen molar-refractivity contribution in [2.24, 2.45) is 0 Å². The van der Waals surface area contributed by atoms with Gasteiger partial charge in [-0.1, -0.05) is 17.7 Å². The average molecular weight is 542 g/mol. The minimum atomic E-state index is -1.16. The zero-order valence-electron chi connectivity index (χ0n) is 22.7. The van der Waals surface area contributed by atoms with Crippen LogP contribution in [0.15, 0.2) is 24.4 Å². The lowest BCUT2D eigenvalue weighted by molar-refractivity contribution is -0.134. The molecular weight excluding hydrogens is 502 g/mol. The number of aryl methyl sites for hydroxylation is 2. The van der Waals surface area contributed by atoms with E-state index in [4.69, 9.17) is 4.74 Å². The summed E-state index contributed by atoms with van der Waals surface area (Å²) in [7, 11) is 0. The summed E-state index contributed by atoms with van der Waals surface area (Å²) in [5.74, 6) is -0.453. The predicted molar refractivity (Wildman–Crippen MR) is 143 cm³/mol. The Morgan fingerprint density at radius 2 is 2.00 bits per heavy atom. The van der Waals surface area contributed by atoms with Gasteiger partial charge in [-0.05, 0) is 50.9 Å². The van der Waals surface area contributed by atoms with Gasteiger partial charge >= 0.3 is 0 Å². The summed E-state index contributed by atoms with van der Waals surface area (Å²) < 4.78 is 7.69. The number of carbonyl (C=O) groups is 3. The Morgan fingerprint density at radius 1 is 1.15 bits per heavy atom. The van der Waals surface area contributed by atoms with Gasteiger partial charge in [0.1, 0.15) is 11.8 Å². The lowest BCUT2D eigenvalue weighted by atomic mass is 10.0. The second-order valence-corrected chi connectivity index (χ2v) is 10.2. The number of amides is 3. The van der Waals surface area contributed by atoms with Crippen molar-refractivity contribution >= 4 is 17.7 Å². The number of rotatable bonds is 2. The van der Waals surface area contributed by atoms with Gasteiger partial charge in [-0.15, -0.1) is 5.10 Å². The summed E-state index contributed by atoms with van der Waals surface area (Å²) in [6.07, 6.45) is 4.78. The summed E-state index contributed by atoms with van der Waals surface area (Å²) >= 11 is 0. The molecule has 0 radical (unpaired) electrons. The molecule has 3 heterocycles. The molecule has 39 heavy (non-hydrogen) atoms. The van der Waals surface area contributed by atoms with Crippen LogP contribution in [0.2, 0.25) is 0 Å². The highest BCUT2D eigenvalue weighted by Gasteiger charge is 2.28. The predicted octanol–water partition coefficient (Wildman–Crippen LogP) is 0.178. The molecule has 3 atom stereocenters. The van der Waals surface area contributed by atoms with Crippen LogP contribution in [0.5, 0.6) is 5.75 Å². The van der Waals surface area contributed by atoms with E-state index in [0.717, 1.165) is 37.1 Å². The number of ether oxygens (including phenoxy) is 1. The monoisotopic (exact) mass is 541 g/mol. The molecule has 0 aliphatic carbocycles. The van der Waals surface area contributed by atoms with E-state index in [1.165, 1.54) is 6.92 Å². The lowest BCUT2D eigenvalue weighted by Gasteiger charge is -2.30. The first-order chi connectivity index (χ1) is 18.8. The number of hydrogen-bond donors (Lipinski definition) is 4. The Kier molecular flexibility index (Phi) is 9.88. The summed E-state index contributed by atoms with van der Waals surface area (Å²) in [5, 5.41) is 27.5. The second-order valence-electron chi connectivity index (χ2n) is 10.2. The number of aliphatic hydroxyl groups is 1. The molecule has 4 bridgehead atoms. The smallest absolute Gasteiger partial charge is 0.252 e. The highest BCUT2D eigenvalue weighted by atomic mass is 16.5. The largest absolute Gasteiger partial charge is 0.493 e. The molecule has 0 unspecified atom stereocenters. The number of fused-ring (bicyclic) bond motifs is 4. The molecular formula is C27H39N7O5. The molecule has 1 fully saturated rings. The van der Waals surface area contributed by atoms with Crippen LogP contribution in [0.4, 0.5) is 0 Å². The van der Waals surface area contributed by atoms with Crippen molar-refractivity contribution in [3.05, 3.63) is 41.2 Å². The first-order valence-electron chi connectivity index (χ1n) is 13.7. The third-order valence-corrected chi connectivity index (χ3v) is 7.12. The molecule has 0 spiro atoms. The molecule has 1 saturated heterocycles. The minimum absolute atomic E-state index is 0.00816. The number of nitrogens with one attached hydrogen (secondary N) is 3. The Hall–Kier alpha value is -3.51. The summed E-state index contributed by atoms with van der Waals surface area (Å²) in [4.78, 5) is 41.0. The van der Waals surface area contributed by atoms with E-state index in [2.05, 4.69) is 26.3 Å². The number of piperidine rings is 1. The molecule has 212 valence electrons. The molecule has 2 aromatic rings. The number of carbonyl (C=O) groups excluding carboxylic acids is 3. The highest BCUT2D eigenvalue weighted by molar-refractivity contribution is 5.98. The van der Waals surface area contributed by atoms with E-state index in [1.54, 1.807) is 27.8 Å². The number of aromatic nitrogens is 3. The molecule has 3 amide bonds. The number of nitrogens with zero attached hydrogens (tertiary/aromatic N) is 4. The van der Waals surface area contributed by atoms with E-state index >= 15 is 0 Å². The number of hydrogen-bond acceptors (Lipinski definition) is 8. The maximum atomic E-state index is 13.3. The Labute approximate surface area is 228 Å². The number of aliphatic hydroxyl groups excluding tert-OH is 1. The fraction of sp³-hybridized carbons (Fsp3) is 0.593. The molecule has 2 aliphatic rings. The zero-order chi connectivity index (χ0) is 27.8. The highest BCUT2D eigenvalue weighted by Crippen LogP contribution is 2.20. The second kappa shape index (κ2) is 13.5. The third-order valence-electron chi connectivity index (χ3n) is 7.12. The van der Waals surface area contributed by atoms with Crippen molar-refractivity contribution in [3.8, 4) is 5.75 Å². The van der Waals surface area contributed by atoms with Crippen LogP contribution in [0, 0.1) is 6.92 Å². The average Bonchev–Trinajstić information content (AvgIpc) is 3.39. The standard InChI is InChI=1S/C27H39N7O5/c1-18-7-8-20-16-23(18)39-15-5-12-34-17-21(31-32-34)9-13-33(27(38)22-6-3-4-10-28-22)14-11-29-26(37)24(19(2)35)30-25(20)36/h7-8,16-17,19,22,24,28,35H,3-6,9-15H2,1-2H3,(H,29,37)(H,30,36)/t19-,22-,24+/m1/s1. The molecule has 0 saturated carbocycles. The zero-order valence-corrected chi connectivity index (χ0v) is 22.7. The van der Waals surface area contributed by atoms with E-state index < -0.39 is 24.0 Å². The topological polar surface area (TPSA) is 151 Å². The van der Waals surface area contributed by atoms with Crippen molar-refractivity contribution < 1.29 is 24.2 Å². The first-order valence-corrected chi connectivity index (χ1v) is 13.7. The van der Waals surface area contributed by atoms with Crippen molar-refractivity contribution in [2.75, 3.05) is 32.8 Å². The van der Waals surface area contributed by atoms with Gasteiger partial charge in [0.05, 0.1) is 24.4 Å². The Bertz CT molecular complexity index is 1150. The molecule has 12 nitrogen and oxygen atoms in total. The van der Waals surface area contributed by atoms with Gasteiger partial charge in [-0.25, -0.2) is 0 Å². The van der Waals surface area contributed by atoms with Crippen LogP contribution < -0.4 is 20.7 Å². The van der Waals surface area contributed by atoms with Crippen LogP contribution >= 0.6 is 0 Å². The van der Waals surface area contributed by atoms with Gasteiger partial charge in [-0.3, -0.25) is 19.1 Å². The maximum Gasteiger partial charge on any atom is 0.252 e. The molecule has 1 aromatic carbocycles. The van der Waals surface area contributed by atoms with Gasteiger partial charge in [0, 0.05) is 50.8 Å². The Balaban J connectivity index is 1.52. The maximum absolute atomic E-state index is 13.3. The van der Waals surface area contributed by atoms with E-state index in [9.17, 15) is 19.5 Å². The first kappa shape index (κ1) is 28.5. The van der Waals surface area contributed by atoms with E-state index in [-0.39, 0.29) is 25.0 Å². The quantitative estimate of drug-likeness (QED) is 0.420. The molecule has 2 aliphatic heterocycles. The van der Waals surface area contributed by atoms with E-state index in [1.807, 2.05) is 13.1 Å². The van der Waals surface area contributed by atoms with Crippen LogP contribution in [0.1, 0.15) is 54.2 Å². The molecule has 1 aromatic heterocycles. The Morgan fingerprint density at radius 3 is 2.77 bits per heavy atom. The summed E-state index contributed by atoms with van der Waals surface area (Å²) in [6.45, 7) is 6.06. The normalized spacial score (nSPS) is 22.7. The summed E-state index contributed by atoms with van der Waals surface area (Å²) in [6, 6.07) is 3.66. The SMILES string of the molecule is Cc1ccc2cc1OCCCn1cc(nn1)CCN(C(=O)[C@H]1CCCCN1)CCNC(=O)[C@H]([C@@H](C)O)NC2=O. The van der Waals surface area contributed by atoms with Crippen molar-refractivity contribution in [3.63, 3.8) is 0 Å². The summed E-state index contributed by atoms with van der Waals surface area (Å²) in [5.41, 5.74) is 1.98. The van der Waals surface area contributed by atoms with Crippen molar-refractivity contribution in [2.45, 2.75) is 70.7 Å². The van der Waals surface area contributed by atoms with Crippen LogP contribution in [-0.4, -0.2) is 93.7 Å². The molecule has 12 heteroatoms. The number of benzene rings is 1. The van der Waals surface area contributed by atoms with Gasteiger partial charge in [-0.2, -0.15) is 0 Å². The molecule has 4 rings (SSSR count). The van der Waals surface area contributed by atoms with Crippen LogP contribution in [0.3, 0.4) is 0 Å². The van der Waals surface area contributed by atoms with Crippen LogP contribution in [0.25, 0.3) is 0 Å². The van der Waals surface area contributed by atoms with Gasteiger partial charge in [0.25, 0.3) is 5.91 Å². The minimum Gasteiger partial charge on any atom is -0.493 e. The lowest BCUT2D eigenvalue weighted by Crippen LogP contribution is -2.54.